The molecule has 3 heterocycles. The summed E-state index contributed by atoms with van der Waals surface area (Å²) in [5.74, 6) is 0.537. The maximum absolute atomic E-state index is 11.9. The van der Waals surface area contributed by atoms with E-state index < -0.39 is 0 Å². The minimum absolute atomic E-state index is 0.0781. The molecule has 3 rings (SSSR count). The Bertz CT molecular complexity index is 559. The third kappa shape index (κ3) is 3.26. The fraction of sp³-hybridized carbons (Fsp3) is 0.429. The molecule has 106 valence electrons. The molecule has 0 spiro atoms. The van der Waals surface area contributed by atoms with Crippen LogP contribution in [0.4, 0.5) is 5.69 Å². The van der Waals surface area contributed by atoms with Crippen LogP contribution in [0.3, 0.4) is 0 Å². The van der Waals surface area contributed by atoms with Crippen molar-refractivity contribution in [1.29, 1.82) is 0 Å². The zero-order chi connectivity index (χ0) is 13.8. The maximum atomic E-state index is 11.9. The van der Waals surface area contributed by atoms with Crippen molar-refractivity contribution in [3.63, 3.8) is 0 Å². The highest BCUT2D eigenvalue weighted by molar-refractivity contribution is 7.12. The summed E-state index contributed by atoms with van der Waals surface area (Å²) in [7, 11) is 0. The molecule has 0 unspecified atom stereocenters. The first-order valence-electron chi connectivity index (χ1n) is 6.76. The van der Waals surface area contributed by atoms with Crippen molar-refractivity contribution in [2.45, 2.75) is 19.4 Å². The molecule has 0 aromatic carbocycles. The molecular formula is C14H17N3O2S. The Balaban J connectivity index is 1.57. The Hall–Kier alpha value is -1.66. The monoisotopic (exact) mass is 291 g/mol. The summed E-state index contributed by atoms with van der Waals surface area (Å²) in [5, 5.41) is 9.07. The van der Waals surface area contributed by atoms with Gasteiger partial charge in [-0.15, -0.1) is 11.3 Å². The molecule has 0 radical (unpaired) electrons. The number of hydrogen-bond acceptors (Lipinski definition) is 4. The van der Waals surface area contributed by atoms with Crippen molar-refractivity contribution >= 4 is 22.9 Å². The molecule has 1 fully saturated rings. The summed E-state index contributed by atoms with van der Waals surface area (Å²) in [6.07, 6.45) is 5.75. The quantitative estimate of drug-likeness (QED) is 0.942. The fourth-order valence-electron chi connectivity index (χ4n) is 2.32. The first-order chi connectivity index (χ1) is 9.81. The van der Waals surface area contributed by atoms with E-state index in [0.29, 0.717) is 10.8 Å². The molecular weight excluding hydrogens is 274 g/mol. The number of carbonyl (C=O) groups excluding carboxylic acids is 1. The van der Waals surface area contributed by atoms with Crippen LogP contribution in [-0.2, 0) is 11.3 Å². The number of aromatic nitrogens is 2. The highest BCUT2D eigenvalue weighted by atomic mass is 32.1. The third-order valence-electron chi connectivity index (χ3n) is 3.42. The highest BCUT2D eigenvalue weighted by Crippen LogP contribution is 2.18. The zero-order valence-corrected chi connectivity index (χ0v) is 11.9. The second-order valence-corrected chi connectivity index (χ2v) is 5.89. The van der Waals surface area contributed by atoms with E-state index in [1.165, 1.54) is 11.3 Å². The van der Waals surface area contributed by atoms with Crippen molar-refractivity contribution in [2.75, 3.05) is 18.5 Å². The van der Waals surface area contributed by atoms with Gasteiger partial charge in [0, 0.05) is 26.0 Å². The molecule has 0 bridgehead atoms. The molecule has 5 nitrogen and oxygen atoms in total. The molecule has 0 atom stereocenters. The normalized spacial score (nSPS) is 16.2. The fourth-order valence-corrected chi connectivity index (χ4v) is 2.94. The SMILES string of the molecule is O=C(Nc1cnn(CC2CCOCC2)c1)c1cccs1. The van der Waals surface area contributed by atoms with Crippen molar-refractivity contribution in [1.82, 2.24) is 9.78 Å². The van der Waals surface area contributed by atoms with Crippen LogP contribution in [0.2, 0.25) is 0 Å². The predicted octanol–water partition coefficient (Wildman–Crippen LogP) is 2.62. The van der Waals surface area contributed by atoms with Gasteiger partial charge in [-0.2, -0.15) is 5.10 Å². The van der Waals surface area contributed by atoms with E-state index in [2.05, 4.69) is 10.4 Å². The Kier molecular flexibility index (Phi) is 4.13. The lowest BCUT2D eigenvalue weighted by molar-refractivity contribution is 0.0601. The summed E-state index contributed by atoms with van der Waals surface area (Å²) in [6.45, 7) is 2.57. The number of thiophene rings is 1. The second-order valence-electron chi connectivity index (χ2n) is 4.94. The van der Waals surface area contributed by atoms with E-state index in [4.69, 9.17) is 4.74 Å². The topological polar surface area (TPSA) is 56.2 Å². The van der Waals surface area contributed by atoms with E-state index in [1.54, 1.807) is 6.20 Å². The van der Waals surface area contributed by atoms with E-state index in [-0.39, 0.29) is 5.91 Å². The Morgan fingerprint density at radius 1 is 1.50 bits per heavy atom. The first-order valence-corrected chi connectivity index (χ1v) is 7.64. The van der Waals surface area contributed by atoms with Gasteiger partial charge >= 0.3 is 0 Å². The molecule has 6 heteroatoms. The number of carbonyl (C=O) groups is 1. The molecule has 1 amide bonds. The number of nitrogens with zero attached hydrogens (tertiary/aromatic N) is 2. The van der Waals surface area contributed by atoms with Gasteiger partial charge in [0.15, 0.2) is 0 Å². The van der Waals surface area contributed by atoms with E-state index in [1.807, 2.05) is 28.4 Å². The minimum Gasteiger partial charge on any atom is -0.381 e. The summed E-state index contributed by atoms with van der Waals surface area (Å²) in [5.41, 5.74) is 0.746. The lowest BCUT2D eigenvalue weighted by Crippen LogP contribution is -2.20. The number of nitrogens with one attached hydrogen (secondary N) is 1. The summed E-state index contributed by atoms with van der Waals surface area (Å²) in [6, 6.07) is 3.68. The van der Waals surface area contributed by atoms with E-state index in [0.717, 1.165) is 38.3 Å². The first kappa shape index (κ1) is 13.3. The molecule has 1 saturated heterocycles. The van der Waals surface area contributed by atoms with Crippen LogP contribution < -0.4 is 5.32 Å². The van der Waals surface area contributed by atoms with Crippen LogP contribution in [0.5, 0.6) is 0 Å². The average molecular weight is 291 g/mol. The number of rotatable bonds is 4. The molecule has 0 saturated carbocycles. The van der Waals surface area contributed by atoms with Crippen molar-refractivity contribution in [3.8, 4) is 0 Å². The molecule has 1 N–H and O–H groups in total. The van der Waals surface area contributed by atoms with Gasteiger partial charge in [-0.05, 0) is 30.2 Å². The molecule has 20 heavy (non-hydrogen) atoms. The van der Waals surface area contributed by atoms with Gasteiger partial charge in [0.05, 0.1) is 16.8 Å². The summed E-state index contributed by atoms with van der Waals surface area (Å²) >= 11 is 1.43. The van der Waals surface area contributed by atoms with Crippen LogP contribution >= 0.6 is 11.3 Å². The number of anilines is 1. The Morgan fingerprint density at radius 3 is 3.10 bits per heavy atom. The molecule has 1 aliphatic heterocycles. The lowest BCUT2D eigenvalue weighted by atomic mass is 10.0. The largest absolute Gasteiger partial charge is 0.381 e. The van der Waals surface area contributed by atoms with Crippen molar-refractivity contribution in [2.24, 2.45) is 5.92 Å². The number of amides is 1. The number of ether oxygens (including phenoxy) is 1. The van der Waals surface area contributed by atoms with Gasteiger partial charge in [-0.3, -0.25) is 9.48 Å². The highest BCUT2D eigenvalue weighted by Gasteiger charge is 2.15. The van der Waals surface area contributed by atoms with Crippen molar-refractivity contribution < 1.29 is 9.53 Å². The van der Waals surface area contributed by atoms with Gasteiger partial charge in [0.1, 0.15) is 0 Å². The van der Waals surface area contributed by atoms with Crippen LogP contribution in [0.15, 0.2) is 29.9 Å². The Morgan fingerprint density at radius 2 is 2.35 bits per heavy atom. The van der Waals surface area contributed by atoms with E-state index in [9.17, 15) is 4.79 Å². The molecule has 0 aliphatic carbocycles. The van der Waals surface area contributed by atoms with Crippen LogP contribution in [0.1, 0.15) is 22.5 Å². The lowest BCUT2D eigenvalue weighted by Gasteiger charge is -2.21. The van der Waals surface area contributed by atoms with Gasteiger partial charge < -0.3 is 10.1 Å². The molecule has 2 aromatic rings. The van der Waals surface area contributed by atoms with Gasteiger partial charge in [0.2, 0.25) is 0 Å². The van der Waals surface area contributed by atoms with Gasteiger partial charge in [-0.1, -0.05) is 6.07 Å². The van der Waals surface area contributed by atoms with Crippen LogP contribution in [-0.4, -0.2) is 28.9 Å². The summed E-state index contributed by atoms with van der Waals surface area (Å²) < 4.78 is 7.25. The van der Waals surface area contributed by atoms with Gasteiger partial charge in [0.25, 0.3) is 5.91 Å². The maximum Gasteiger partial charge on any atom is 0.265 e. The van der Waals surface area contributed by atoms with Gasteiger partial charge in [-0.25, -0.2) is 0 Å². The molecule has 2 aromatic heterocycles. The standard InChI is InChI=1S/C14H17N3O2S/c18-14(13-2-1-7-20-13)16-12-8-15-17(10-12)9-11-3-5-19-6-4-11/h1-2,7-8,10-11H,3-6,9H2,(H,16,18). The Labute approximate surface area is 121 Å². The van der Waals surface area contributed by atoms with Crippen molar-refractivity contribution in [3.05, 3.63) is 34.8 Å². The van der Waals surface area contributed by atoms with Crippen LogP contribution in [0, 0.1) is 5.92 Å². The smallest absolute Gasteiger partial charge is 0.265 e. The minimum atomic E-state index is -0.0781. The molecule has 1 aliphatic rings. The zero-order valence-electron chi connectivity index (χ0n) is 11.1. The average Bonchev–Trinajstić information content (AvgIpc) is 3.11. The van der Waals surface area contributed by atoms with E-state index >= 15 is 0 Å². The second kappa shape index (κ2) is 6.19. The number of hydrogen-bond donors (Lipinski definition) is 1. The van der Waals surface area contributed by atoms with Crippen LogP contribution in [0.25, 0.3) is 0 Å². The predicted molar refractivity (Wildman–Crippen MR) is 78.0 cm³/mol. The third-order valence-corrected chi connectivity index (χ3v) is 4.29. The summed E-state index contributed by atoms with van der Waals surface area (Å²) in [4.78, 5) is 12.6.